The maximum Gasteiger partial charge on any atom is 0.416 e. The van der Waals surface area contributed by atoms with E-state index < -0.39 is 17.7 Å². The van der Waals surface area contributed by atoms with Crippen LogP contribution in [-0.2, 0) is 23.9 Å². The van der Waals surface area contributed by atoms with E-state index in [0.717, 1.165) is 11.6 Å². The summed E-state index contributed by atoms with van der Waals surface area (Å²) in [7, 11) is 0. The molecular weight excluding hydrogens is 471 g/mol. The monoisotopic (exact) mass is 493 g/mol. The molecule has 10 heteroatoms. The Balaban J connectivity index is 1.53. The number of rotatable bonds is 7. The lowest BCUT2D eigenvalue weighted by Gasteiger charge is -2.36. The Kier molecular flexibility index (Phi) is 6.69. The van der Waals surface area contributed by atoms with Crippen molar-refractivity contribution >= 4 is 17.6 Å². The maximum absolute atomic E-state index is 13.6. The molecule has 34 heavy (non-hydrogen) atoms. The second-order valence-corrected chi connectivity index (χ2v) is 9.33. The number of carboxylic acid groups (broad SMARTS) is 1. The van der Waals surface area contributed by atoms with Crippen LogP contribution in [0.5, 0.6) is 0 Å². The highest BCUT2D eigenvalue weighted by atomic mass is 35.5. The molecule has 3 aromatic rings. The molecule has 1 N–H and O–H groups in total. The van der Waals surface area contributed by atoms with Crippen molar-refractivity contribution in [2.24, 2.45) is 11.8 Å². The minimum Gasteiger partial charge on any atom is -0.481 e. The molecule has 0 unspecified atom stereocenters. The van der Waals surface area contributed by atoms with E-state index in [1.165, 1.54) is 6.07 Å². The van der Waals surface area contributed by atoms with E-state index in [-0.39, 0.29) is 34.7 Å². The molecule has 1 saturated heterocycles. The summed E-state index contributed by atoms with van der Waals surface area (Å²) in [6.45, 7) is 5.19. The average Bonchev–Trinajstić information content (AvgIpc) is 3.20. The number of hydrogen-bond donors (Lipinski definition) is 1. The van der Waals surface area contributed by atoms with Gasteiger partial charge in [-0.3, -0.25) is 9.69 Å². The Hall–Kier alpha value is -2.91. The standard InChI is InChI=1S/C24H23ClF3N3O3/c1-13(2)7-14-3-4-15(8-19(14)24(26,27)28)21-29-22(34-30-21)16-5-6-17(20(25)9-16)10-31-11-18(12-31)23(32)33/h3-6,8-9,13,18H,7,10-12H2,1-2H3,(H,32,33). The summed E-state index contributed by atoms with van der Waals surface area (Å²) < 4.78 is 46.1. The van der Waals surface area contributed by atoms with Crippen LogP contribution in [0.25, 0.3) is 22.8 Å². The zero-order valence-corrected chi connectivity index (χ0v) is 19.3. The summed E-state index contributed by atoms with van der Waals surface area (Å²) in [6.07, 6.45) is -4.18. The molecule has 180 valence electrons. The van der Waals surface area contributed by atoms with Gasteiger partial charge in [0.1, 0.15) is 0 Å². The predicted octanol–water partition coefficient (Wildman–Crippen LogP) is 5.79. The Morgan fingerprint density at radius 2 is 1.85 bits per heavy atom. The Morgan fingerprint density at radius 1 is 1.18 bits per heavy atom. The number of carbonyl (C=O) groups is 1. The predicted molar refractivity (Wildman–Crippen MR) is 120 cm³/mol. The van der Waals surface area contributed by atoms with Crippen molar-refractivity contribution < 1.29 is 27.6 Å². The van der Waals surface area contributed by atoms with Crippen LogP contribution in [0.2, 0.25) is 5.02 Å². The molecule has 2 heterocycles. The topological polar surface area (TPSA) is 79.5 Å². The first kappa shape index (κ1) is 24.2. The van der Waals surface area contributed by atoms with Gasteiger partial charge in [-0.15, -0.1) is 0 Å². The van der Waals surface area contributed by atoms with Crippen LogP contribution in [0, 0.1) is 11.8 Å². The second kappa shape index (κ2) is 9.38. The molecule has 1 aliphatic rings. The van der Waals surface area contributed by atoms with Crippen molar-refractivity contribution in [2.75, 3.05) is 13.1 Å². The number of nitrogens with zero attached hydrogens (tertiary/aromatic N) is 3. The van der Waals surface area contributed by atoms with Gasteiger partial charge in [0.05, 0.1) is 11.5 Å². The minimum absolute atomic E-state index is 0.0529. The molecule has 0 saturated carbocycles. The first-order valence-electron chi connectivity index (χ1n) is 10.8. The van der Waals surface area contributed by atoms with E-state index in [1.54, 1.807) is 24.3 Å². The van der Waals surface area contributed by atoms with Gasteiger partial charge in [0.15, 0.2) is 0 Å². The second-order valence-electron chi connectivity index (χ2n) is 8.93. The van der Waals surface area contributed by atoms with E-state index in [9.17, 15) is 18.0 Å². The van der Waals surface area contributed by atoms with Crippen LogP contribution >= 0.6 is 11.6 Å². The third kappa shape index (κ3) is 5.26. The molecule has 2 aromatic carbocycles. The van der Waals surface area contributed by atoms with Crippen molar-refractivity contribution in [2.45, 2.75) is 33.0 Å². The molecule has 6 nitrogen and oxygen atoms in total. The molecule has 0 bridgehead atoms. The highest BCUT2D eigenvalue weighted by Gasteiger charge is 2.34. The van der Waals surface area contributed by atoms with Gasteiger partial charge in [-0.1, -0.05) is 48.8 Å². The maximum atomic E-state index is 13.6. The molecular formula is C24H23ClF3N3O3. The summed E-state index contributed by atoms with van der Waals surface area (Å²) in [6, 6.07) is 9.26. The van der Waals surface area contributed by atoms with E-state index in [1.807, 2.05) is 18.7 Å². The molecule has 1 fully saturated rings. The molecule has 0 spiro atoms. The lowest BCUT2D eigenvalue weighted by molar-refractivity contribution is -0.147. The fourth-order valence-electron chi connectivity index (χ4n) is 3.96. The van der Waals surface area contributed by atoms with Gasteiger partial charge >= 0.3 is 12.1 Å². The van der Waals surface area contributed by atoms with E-state index in [4.69, 9.17) is 21.2 Å². The lowest BCUT2D eigenvalue weighted by atomic mass is 9.95. The Bertz CT molecular complexity index is 1200. The third-order valence-electron chi connectivity index (χ3n) is 5.73. The van der Waals surface area contributed by atoms with Crippen molar-refractivity contribution in [3.05, 3.63) is 58.1 Å². The van der Waals surface area contributed by atoms with Gasteiger partial charge < -0.3 is 9.63 Å². The van der Waals surface area contributed by atoms with E-state index in [0.29, 0.717) is 36.6 Å². The fourth-order valence-corrected chi connectivity index (χ4v) is 4.20. The molecule has 1 aromatic heterocycles. The summed E-state index contributed by atoms with van der Waals surface area (Å²) in [5, 5.41) is 13.3. The van der Waals surface area contributed by atoms with Crippen LogP contribution in [-0.4, -0.2) is 39.2 Å². The quantitative estimate of drug-likeness (QED) is 0.448. The Morgan fingerprint density at radius 3 is 2.47 bits per heavy atom. The van der Waals surface area contributed by atoms with Crippen LogP contribution in [0.15, 0.2) is 40.9 Å². The number of likely N-dealkylation sites (tertiary alicyclic amines) is 1. The number of hydrogen-bond acceptors (Lipinski definition) is 5. The van der Waals surface area contributed by atoms with Crippen molar-refractivity contribution in [1.29, 1.82) is 0 Å². The summed E-state index contributed by atoms with van der Waals surface area (Å²) >= 11 is 6.40. The first-order valence-corrected chi connectivity index (χ1v) is 11.2. The van der Waals surface area contributed by atoms with Gasteiger partial charge in [0.2, 0.25) is 5.82 Å². The van der Waals surface area contributed by atoms with E-state index >= 15 is 0 Å². The molecule has 0 atom stereocenters. The largest absolute Gasteiger partial charge is 0.481 e. The number of aliphatic carboxylic acids is 1. The van der Waals surface area contributed by atoms with Crippen LogP contribution in [0.4, 0.5) is 13.2 Å². The van der Waals surface area contributed by atoms with Crippen molar-refractivity contribution in [3.8, 4) is 22.8 Å². The first-order chi connectivity index (χ1) is 16.0. The summed E-state index contributed by atoms with van der Waals surface area (Å²) in [5.41, 5.74) is 1.10. The van der Waals surface area contributed by atoms with Gasteiger partial charge in [-0.05, 0) is 41.7 Å². The molecule has 0 aliphatic carbocycles. The summed E-state index contributed by atoms with van der Waals surface area (Å²) in [4.78, 5) is 17.2. The average molecular weight is 494 g/mol. The molecule has 1 aliphatic heterocycles. The van der Waals surface area contributed by atoms with Crippen LogP contribution < -0.4 is 0 Å². The lowest BCUT2D eigenvalue weighted by Crippen LogP contribution is -2.49. The van der Waals surface area contributed by atoms with Crippen molar-refractivity contribution in [1.82, 2.24) is 15.0 Å². The fraction of sp³-hybridized carbons (Fsp3) is 0.375. The smallest absolute Gasteiger partial charge is 0.416 e. The number of carboxylic acids is 1. The number of benzene rings is 2. The number of alkyl halides is 3. The van der Waals surface area contributed by atoms with Crippen LogP contribution in [0.1, 0.15) is 30.5 Å². The van der Waals surface area contributed by atoms with Crippen LogP contribution in [0.3, 0.4) is 0 Å². The normalized spacial score (nSPS) is 15.0. The zero-order chi connectivity index (χ0) is 24.6. The van der Waals surface area contributed by atoms with Gasteiger partial charge in [-0.25, -0.2) is 0 Å². The van der Waals surface area contributed by atoms with Gasteiger partial charge in [-0.2, -0.15) is 18.2 Å². The molecule has 4 rings (SSSR count). The molecule has 0 radical (unpaired) electrons. The highest BCUT2D eigenvalue weighted by Crippen LogP contribution is 2.36. The number of aromatic nitrogens is 2. The zero-order valence-electron chi connectivity index (χ0n) is 18.6. The minimum atomic E-state index is -4.49. The SMILES string of the molecule is CC(C)Cc1ccc(-c2noc(-c3ccc(CN4CC(C(=O)O)C4)c(Cl)c3)n2)cc1C(F)(F)F. The van der Waals surface area contributed by atoms with Crippen molar-refractivity contribution in [3.63, 3.8) is 0 Å². The highest BCUT2D eigenvalue weighted by molar-refractivity contribution is 6.31. The van der Waals surface area contributed by atoms with Gasteiger partial charge in [0, 0.05) is 35.8 Å². The van der Waals surface area contributed by atoms with Gasteiger partial charge in [0.25, 0.3) is 5.89 Å². The summed E-state index contributed by atoms with van der Waals surface area (Å²) in [5.74, 6) is -0.889. The number of halogens is 4. The molecule has 0 amide bonds. The Labute approximate surface area is 199 Å². The third-order valence-corrected chi connectivity index (χ3v) is 6.08. The van der Waals surface area contributed by atoms with E-state index in [2.05, 4.69) is 10.1 Å².